The van der Waals surface area contributed by atoms with Gasteiger partial charge in [-0.05, 0) is 67.6 Å². The quantitative estimate of drug-likeness (QED) is 0.782. The standard InChI is InChI=1S/C21H25FN2O2.ClH/c1-14-10-19(26-13-15-4-2-6-17(22)11-15)8-9-20(14)24-21(25)16-5-3-7-18(23)12-16;/h2,4,6,8-11,16,18H,3,5,7,12-13,23H2,1H3,(H,24,25);1H. The first-order valence-corrected chi connectivity index (χ1v) is 9.05. The highest BCUT2D eigenvalue weighted by atomic mass is 35.5. The molecule has 3 N–H and O–H groups in total. The van der Waals surface area contributed by atoms with E-state index >= 15 is 0 Å². The molecule has 6 heteroatoms. The molecular formula is C21H26ClFN2O2. The fraction of sp³-hybridized carbons (Fsp3) is 0.381. The summed E-state index contributed by atoms with van der Waals surface area (Å²) in [5, 5.41) is 3.01. The summed E-state index contributed by atoms with van der Waals surface area (Å²) in [6.07, 6.45) is 3.65. The van der Waals surface area contributed by atoms with Crippen LogP contribution in [-0.2, 0) is 11.4 Å². The molecule has 1 fully saturated rings. The van der Waals surface area contributed by atoms with Crippen molar-refractivity contribution >= 4 is 24.0 Å². The summed E-state index contributed by atoms with van der Waals surface area (Å²) in [6.45, 7) is 2.22. The van der Waals surface area contributed by atoms with Crippen LogP contribution < -0.4 is 15.8 Å². The average Bonchev–Trinajstić information content (AvgIpc) is 2.62. The second-order valence-electron chi connectivity index (χ2n) is 7.01. The maximum atomic E-state index is 13.2. The summed E-state index contributed by atoms with van der Waals surface area (Å²) >= 11 is 0. The maximum Gasteiger partial charge on any atom is 0.227 e. The molecule has 4 nitrogen and oxygen atoms in total. The zero-order valence-electron chi connectivity index (χ0n) is 15.4. The van der Waals surface area contributed by atoms with Gasteiger partial charge in [0, 0.05) is 17.6 Å². The minimum Gasteiger partial charge on any atom is -0.489 e. The molecule has 0 bridgehead atoms. The smallest absolute Gasteiger partial charge is 0.227 e. The SMILES string of the molecule is Cc1cc(OCc2cccc(F)c2)ccc1NC(=O)C1CCCC(N)C1.Cl. The van der Waals surface area contributed by atoms with Crippen molar-refractivity contribution in [3.05, 3.63) is 59.4 Å². The van der Waals surface area contributed by atoms with Gasteiger partial charge in [-0.15, -0.1) is 12.4 Å². The molecule has 1 amide bonds. The third-order valence-electron chi connectivity index (χ3n) is 4.84. The third-order valence-corrected chi connectivity index (χ3v) is 4.84. The van der Waals surface area contributed by atoms with Crippen LogP contribution >= 0.6 is 12.4 Å². The minimum atomic E-state index is -0.275. The molecule has 0 spiro atoms. The Morgan fingerprint density at radius 1 is 1.26 bits per heavy atom. The highest BCUT2D eigenvalue weighted by Crippen LogP contribution is 2.27. The first-order valence-electron chi connectivity index (χ1n) is 9.05. The molecular weight excluding hydrogens is 367 g/mol. The number of rotatable bonds is 5. The summed E-state index contributed by atoms with van der Waals surface area (Å²) in [4.78, 5) is 12.5. The van der Waals surface area contributed by atoms with Crippen LogP contribution in [0.4, 0.5) is 10.1 Å². The van der Waals surface area contributed by atoms with Crippen molar-refractivity contribution in [2.75, 3.05) is 5.32 Å². The Bertz CT molecular complexity index is 785. The van der Waals surface area contributed by atoms with Crippen LogP contribution in [0.1, 0.15) is 36.8 Å². The van der Waals surface area contributed by atoms with Gasteiger partial charge in [-0.3, -0.25) is 4.79 Å². The van der Waals surface area contributed by atoms with E-state index in [1.807, 2.05) is 31.2 Å². The number of carbonyl (C=O) groups is 1. The molecule has 2 aromatic rings. The van der Waals surface area contributed by atoms with Crippen molar-refractivity contribution in [3.8, 4) is 5.75 Å². The number of nitrogens with one attached hydrogen (secondary N) is 1. The van der Waals surface area contributed by atoms with Crippen LogP contribution in [0, 0.1) is 18.7 Å². The van der Waals surface area contributed by atoms with Crippen LogP contribution in [0.5, 0.6) is 5.75 Å². The fourth-order valence-corrected chi connectivity index (χ4v) is 3.36. The van der Waals surface area contributed by atoms with Crippen molar-refractivity contribution in [1.82, 2.24) is 0 Å². The lowest BCUT2D eigenvalue weighted by Gasteiger charge is -2.26. The van der Waals surface area contributed by atoms with E-state index in [-0.39, 0.29) is 36.1 Å². The van der Waals surface area contributed by atoms with Crippen molar-refractivity contribution in [2.24, 2.45) is 11.7 Å². The largest absolute Gasteiger partial charge is 0.489 e. The van der Waals surface area contributed by atoms with E-state index in [9.17, 15) is 9.18 Å². The molecule has 27 heavy (non-hydrogen) atoms. The Hall–Kier alpha value is -2.11. The van der Waals surface area contributed by atoms with Crippen LogP contribution in [0.25, 0.3) is 0 Å². The summed E-state index contributed by atoms with van der Waals surface area (Å²) in [5.41, 5.74) is 8.46. The molecule has 2 unspecified atom stereocenters. The van der Waals surface area contributed by atoms with Gasteiger partial charge in [-0.2, -0.15) is 0 Å². The highest BCUT2D eigenvalue weighted by Gasteiger charge is 2.25. The molecule has 1 saturated carbocycles. The molecule has 0 aliphatic heterocycles. The molecule has 0 radical (unpaired) electrons. The summed E-state index contributed by atoms with van der Waals surface area (Å²) < 4.78 is 18.9. The Labute approximate surface area is 165 Å². The lowest BCUT2D eigenvalue weighted by molar-refractivity contribution is -0.120. The van der Waals surface area contributed by atoms with Crippen LogP contribution in [0.3, 0.4) is 0 Å². The van der Waals surface area contributed by atoms with Gasteiger partial charge in [0.25, 0.3) is 0 Å². The number of aryl methyl sites for hydroxylation is 1. The topological polar surface area (TPSA) is 64.3 Å². The van der Waals surface area contributed by atoms with Gasteiger partial charge >= 0.3 is 0 Å². The van der Waals surface area contributed by atoms with Crippen LogP contribution in [-0.4, -0.2) is 11.9 Å². The normalized spacial score (nSPS) is 19.1. The van der Waals surface area contributed by atoms with Crippen molar-refractivity contribution in [1.29, 1.82) is 0 Å². The number of hydrogen-bond acceptors (Lipinski definition) is 3. The molecule has 1 aliphatic carbocycles. The Balaban J connectivity index is 0.00000261. The zero-order chi connectivity index (χ0) is 18.5. The first kappa shape index (κ1) is 21.2. The predicted molar refractivity (Wildman–Crippen MR) is 108 cm³/mol. The fourth-order valence-electron chi connectivity index (χ4n) is 3.36. The monoisotopic (exact) mass is 392 g/mol. The van der Waals surface area contributed by atoms with E-state index < -0.39 is 0 Å². The van der Waals surface area contributed by atoms with E-state index in [1.54, 1.807) is 6.07 Å². The number of anilines is 1. The minimum absolute atomic E-state index is 0. The molecule has 2 atom stereocenters. The van der Waals surface area contributed by atoms with Gasteiger partial charge in [0.05, 0.1) is 0 Å². The second-order valence-corrected chi connectivity index (χ2v) is 7.01. The molecule has 1 aliphatic rings. The van der Waals surface area contributed by atoms with E-state index in [0.29, 0.717) is 12.4 Å². The number of amides is 1. The van der Waals surface area contributed by atoms with Gasteiger partial charge in [0.1, 0.15) is 18.2 Å². The van der Waals surface area contributed by atoms with Crippen molar-refractivity contribution in [3.63, 3.8) is 0 Å². The molecule has 3 rings (SSSR count). The van der Waals surface area contributed by atoms with E-state index in [0.717, 1.165) is 42.5 Å². The van der Waals surface area contributed by atoms with Crippen LogP contribution in [0.15, 0.2) is 42.5 Å². The van der Waals surface area contributed by atoms with Crippen molar-refractivity contribution in [2.45, 2.75) is 45.3 Å². The van der Waals surface area contributed by atoms with Gasteiger partial charge in [-0.25, -0.2) is 4.39 Å². The van der Waals surface area contributed by atoms with Gasteiger partial charge in [-0.1, -0.05) is 18.6 Å². The van der Waals surface area contributed by atoms with E-state index in [2.05, 4.69) is 5.32 Å². The number of halogens is 2. The van der Waals surface area contributed by atoms with Gasteiger partial charge < -0.3 is 15.8 Å². The third kappa shape index (κ3) is 5.94. The number of ether oxygens (including phenoxy) is 1. The van der Waals surface area contributed by atoms with Gasteiger partial charge in [0.15, 0.2) is 0 Å². The molecule has 146 valence electrons. The molecule has 2 aromatic carbocycles. The number of hydrogen-bond donors (Lipinski definition) is 2. The lowest BCUT2D eigenvalue weighted by atomic mass is 9.85. The van der Waals surface area contributed by atoms with E-state index in [1.165, 1.54) is 12.1 Å². The number of benzene rings is 2. The zero-order valence-corrected chi connectivity index (χ0v) is 16.2. The molecule has 0 aromatic heterocycles. The van der Waals surface area contributed by atoms with Crippen LogP contribution in [0.2, 0.25) is 0 Å². The predicted octanol–water partition coefficient (Wildman–Crippen LogP) is 4.59. The Kier molecular flexibility index (Phi) is 7.63. The maximum absolute atomic E-state index is 13.2. The number of carbonyl (C=O) groups excluding carboxylic acids is 1. The lowest BCUT2D eigenvalue weighted by Crippen LogP contribution is -2.34. The Morgan fingerprint density at radius 2 is 2.07 bits per heavy atom. The second kappa shape index (κ2) is 9.72. The molecule has 0 heterocycles. The van der Waals surface area contributed by atoms with Gasteiger partial charge in [0.2, 0.25) is 5.91 Å². The van der Waals surface area contributed by atoms with E-state index in [4.69, 9.17) is 10.5 Å². The first-order chi connectivity index (χ1) is 12.5. The Morgan fingerprint density at radius 3 is 2.78 bits per heavy atom. The molecule has 0 saturated heterocycles. The summed E-state index contributed by atoms with van der Waals surface area (Å²) in [5.74, 6) is 0.436. The highest BCUT2D eigenvalue weighted by molar-refractivity contribution is 5.93. The number of nitrogens with two attached hydrogens (primary N) is 1. The van der Waals surface area contributed by atoms with Crippen molar-refractivity contribution < 1.29 is 13.9 Å². The summed E-state index contributed by atoms with van der Waals surface area (Å²) in [6, 6.07) is 12.0. The average molecular weight is 393 g/mol. The summed E-state index contributed by atoms with van der Waals surface area (Å²) in [7, 11) is 0.